The minimum Gasteiger partial charge on any atom is -0.321 e. The summed E-state index contributed by atoms with van der Waals surface area (Å²) in [4.78, 5) is 12.8. The first kappa shape index (κ1) is 17.7. The summed E-state index contributed by atoms with van der Waals surface area (Å²) >= 11 is 0. The Kier molecular flexibility index (Phi) is 4.68. The zero-order valence-electron chi connectivity index (χ0n) is 14.8. The average Bonchev–Trinajstić information content (AvgIpc) is 3.24. The van der Waals surface area contributed by atoms with Crippen LogP contribution >= 0.6 is 0 Å². The molecule has 3 aromatic carbocycles. The number of fused-ring (bicyclic) bond motifs is 1. The highest BCUT2D eigenvalue weighted by molar-refractivity contribution is 7.89. The van der Waals surface area contributed by atoms with Gasteiger partial charge >= 0.3 is 0 Å². The second-order valence-corrected chi connectivity index (χ2v) is 8.55. The van der Waals surface area contributed by atoms with Gasteiger partial charge in [0.15, 0.2) is 0 Å². The Morgan fingerprint density at radius 1 is 0.852 bits per heavy atom. The third kappa shape index (κ3) is 3.46. The number of anilines is 1. The van der Waals surface area contributed by atoms with E-state index in [1.807, 2.05) is 42.5 Å². The second kappa shape index (κ2) is 7.13. The molecule has 0 bridgehead atoms. The summed E-state index contributed by atoms with van der Waals surface area (Å²) in [6.45, 7) is 1.12. The molecule has 0 radical (unpaired) electrons. The van der Waals surface area contributed by atoms with E-state index in [0.29, 0.717) is 18.7 Å². The van der Waals surface area contributed by atoms with E-state index in [4.69, 9.17) is 0 Å². The van der Waals surface area contributed by atoms with Crippen molar-refractivity contribution in [1.29, 1.82) is 0 Å². The van der Waals surface area contributed by atoms with Crippen molar-refractivity contribution in [2.45, 2.75) is 17.7 Å². The zero-order chi connectivity index (χ0) is 18.9. The minimum atomic E-state index is -3.47. The first-order chi connectivity index (χ1) is 13.1. The predicted molar refractivity (Wildman–Crippen MR) is 106 cm³/mol. The highest BCUT2D eigenvalue weighted by Crippen LogP contribution is 2.24. The van der Waals surface area contributed by atoms with Crippen molar-refractivity contribution in [2.24, 2.45) is 0 Å². The number of hydrogen-bond acceptors (Lipinski definition) is 3. The van der Waals surface area contributed by atoms with E-state index < -0.39 is 10.0 Å². The van der Waals surface area contributed by atoms with E-state index in [0.717, 1.165) is 29.3 Å². The number of rotatable bonds is 4. The molecule has 0 aromatic heterocycles. The van der Waals surface area contributed by atoms with Crippen LogP contribution in [-0.4, -0.2) is 31.7 Å². The molecule has 0 aliphatic carbocycles. The lowest BCUT2D eigenvalue weighted by Crippen LogP contribution is -2.27. The summed E-state index contributed by atoms with van der Waals surface area (Å²) in [6, 6.07) is 19.7. The van der Waals surface area contributed by atoms with Crippen LogP contribution in [0.5, 0.6) is 0 Å². The Hall–Kier alpha value is -2.70. The van der Waals surface area contributed by atoms with E-state index in [2.05, 4.69) is 5.32 Å². The molecule has 1 N–H and O–H groups in total. The summed E-state index contributed by atoms with van der Waals surface area (Å²) in [5, 5.41) is 4.92. The summed E-state index contributed by atoms with van der Waals surface area (Å²) in [5.74, 6) is -0.267. The number of amides is 1. The quantitative estimate of drug-likeness (QED) is 0.747. The number of benzene rings is 3. The van der Waals surface area contributed by atoms with Gasteiger partial charge in [-0.1, -0.05) is 36.4 Å². The van der Waals surface area contributed by atoms with Gasteiger partial charge < -0.3 is 5.32 Å². The normalized spacial score (nSPS) is 15.1. The lowest BCUT2D eigenvalue weighted by Gasteiger charge is -2.15. The van der Waals surface area contributed by atoms with Crippen LogP contribution in [0.2, 0.25) is 0 Å². The van der Waals surface area contributed by atoms with Crippen molar-refractivity contribution >= 4 is 32.4 Å². The van der Waals surface area contributed by atoms with Gasteiger partial charge in [-0.25, -0.2) is 8.42 Å². The Morgan fingerprint density at radius 3 is 2.26 bits per heavy atom. The van der Waals surface area contributed by atoms with Crippen LogP contribution in [0.1, 0.15) is 23.2 Å². The smallest absolute Gasteiger partial charge is 0.255 e. The first-order valence-corrected chi connectivity index (χ1v) is 10.4. The Bertz CT molecular complexity index is 1080. The van der Waals surface area contributed by atoms with Gasteiger partial charge in [-0.05, 0) is 48.6 Å². The van der Waals surface area contributed by atoms with Gasteiger partial charge in [0.25, 0.3) is 5.91 Å². The summed E-state index contributed by atoms with van der Waals surface area (Å²) < 4.78 is 26.7. The monoisotopic (exact) mass is 380 g/mol. The van der Waals surface area contributed by atoms with Crippen molar-refractivity contribution in [3.8, 4) is 0 Å². The van der Waals surface area contributed by atoms with Crippen LogP contribution in [0.25, 0.3) is 10.8 Å². The van der Waals surface area contributed by atoms with Gasteiger partial charge in [0.1, 0.15) is 0 Å². The Balaban J connectivity index is 1.56. The zero-order valence-corrected chi connectivity index (χ0v) is 15.6. The van der Waals surface area contributed by atoms with E-state index in [9.17, 15) is 13.2 Å². The highest BCUT2D eigenvalue weighted by Gasteiger charge is 2.27. The molecular formula is C21H20N2O3S. The van der Waals surface area contributed by atoms with Crippen molar-refractivity contribution in [3.63, 3.8) is 0 Å². The fourth-order valence-corrected chi connectivity index (χ4v) is 4.90. The lowest BCUT2D eigenvalue weighted by molar-refractivity contribution is 0.102. The minimum absolute atomic E-state index is 0.228. The van der Waals surface area contributed by atoms with Crippen molar-refractivity contribution < 1.29 is 13.2 Å². The highest BCUT2D eigenvalue weighted by atomic mass is 32.2. The number of sulfonamides is 1. The molecule has 1 aliphatic heterocycles. The molecule has 1 fully saturated rings. The van der Waals surface area contributed by atoms with Gasteiger partial charge in [-0.3, -0.25) is 4.79 Å². The Labute approximate surface area is 158 Å². The van der Waals surface area contributed by atoms with E-state index in [-0.39, 0.29) is 10.8 Å². The summed E-state index contributed by atoms with van der Waals surface area (Å²) in [6.07, 6.45) is 1.79. The molecule has 1 aliphatic rings. The van der Waals surface area contributed by atoms with Gasteiger partial charge in [0, 0.05) is 29.7 Å². The molecule has 1 heterocycles. The first-order valence-electron chi connectivity index (χ1n) is 8.95. The number of carbonyl (C=O) groups excluding carboxylic acids is 1. The summed E-state index contributed by atoms with van der Waals surface area (Å²) in [7, 11) is -3.47. The fourth-order valence-electron chi connectivity index (χ4n) is 3.38. The number of carbonyl (C=O) groups is 1. The van der Waals surface area contributed by atoms with Crippen LogP contribution in [0, 0.1) is 0 Å². The van der Waals surface area contributed by atoms with E-state index in [1.54, 1.807) is 12.1 Å². The third-order valence-electron chi connectivity index (χ3n) is 4.86. The second-order valence-electron chi connectivity index (χ2n) is 6.62. The molecule has 1 saturated heterocycles. The van der Waals surface area contributed by atoms with Crippen LogP contribution < -0.4 is 5.32 Å². The molecular weight excluding hydrogens is 360 g/mol. The molecule has 3 aromatic rings. The fraction of sp³-hybridized carbons (Fsp3) is 0.190. The van der Waals surface area contributed by atoms with Crippen LogP contribution in [0.4, 0.5) is 5.69 Å². The van der Waals surface area contributed by atoms with Gasteiger partial charge in [0.05, 0.1) is 4.90 Å². The van der Waals surface area contributed by atoms with Gasteiger partial charge in [0.2, 0.25) is 10.0 Å². The van der Waals surface area contributed by atoms with Crippen LogP contribution in [-0.2, 0) is 10.0 Å². The SMILES string of the molecule is O=C(Nc1cccc2ccccc12)c1ccc(S(=O)(=O)N2CCCC2)cc1. The molecule has 0 atom stereocenters. The van der Waals surface area contributed by atoms with Crippen molar-refractivity contribution in [1.82, 2.24) is 4.31 Å². The van der Waals surface area contributed by atoms with E-state index in [1.165, 1.54) is 16.4 Å². The molecule has 4 rings (SSSR count). The summed E-state index contributed by atoms with van der Waals surface area (Å²) in [5.41, 5.74) is 1.15. The molecule has 138 valence electrons. The standard InChI is InChI=1S/C21H20N2O3S/c24-21(22-20-9-5-7-16-6-1-2-8-19(16)20)17-10-12-18(13-11-17)27(25,26)23-14-3-4-15-23/h1-2,5-13H,3-4,14-15H2,(H,22,24). The maximum Gasteiger partial charge on any atom is 0.255 e. The van der Waals surface area contributed by atoms with Crippen molar-refractivity contribution in [2.75, 3.05) is 18.4 Å². The lowest BCUT2D eigenvalue weighted by atomic mass is 10.1. The van der Waals surface area contributed by atoms with Crippen LogP contribution in [0.3, 0.4) is 0 Å². The number of nitrogens with one attached hydrogen (secondary N) is 1. The van der Waals surface area contributed by atoms with E-state index >= 15 is 0 Å². The predicted octanol–water partition coefficient (Wildman–Crippen LogP) is 3.88. The van der Waals surface area contributed by atoms with Gasteiger partial charge in [-0.2, -0.15) is 4.31 Å². The molecule has 0 spiro atoms. The van der Waals surface area contributed by atoms with Crippen molar-refractivity contribution in [3.05, 3.63) is 72.3 Å². The molecule has 5 nitrogen and oxygen atoms in total. The molecule has 6 heteroatoms. The molecule has 0 unspecified atom stereocenters. The third-order valence-corrected chi connectivity index (χ3v) is 6.77. The van der Waals surface area contributed by atoms with Gasteiger partial charge in [-0.15, -0.1) is 0 Å². The maximum absolute atomic E-state index is 12.6. The Morgan fingerprint density at radius 2 is 1.52 bits per heavy atom. The topological polar surface area (TPSA) is 66.5 Å². The molecule has 1 amide bonds. The number of hydrogen-bond donors (Lipinski definition) is 1. The van der Waals surface area contributed by atoms with Crippen LogP contribution in [0.15, 0.2) is 71.6 Å². The average molecular weight is 380 g/mol. The number of nitrogens with zero attached hydrogens (tertiary/aromatic N) is 1. The molecule has 27 heavy (non-hydrogen) atoms. The molecule has 0 saturated carbocycles. The largest absolute Gasteiger partial charge is 0.321 e. The maximum atomic E-state index is 12.6.